The lowest BCUT2D eigenvalue weighted by Crippen LogP contribution is -2.28. The van der Waals surface area contributed by atoms with E-state index in [2.05, 4.69) is 15.7 Å². The molecule has 1 aromatic heterocycles. The van der Waals surface area contributed by atoms with Gasteiger partial charge in [0, 0.05) is 12.1 Å². The molecule has 0 spiro atoms. The third-order valence-electron chi connectivity index (χ3n) is 3.90. The summed E-state index contributed by atoms with van der Waals surface area (Å²) in [7, 11) is 1.62. The van der Waals surface area contributed by atoms with Crippen molar-refractivity contribution >= 4 is 34.6 Å². The molecule has 3 aromatic rings. The quantitative estimate of drug-likeness (QED) is 0.639. The molecule has 0 aliphatic carbocycles. The van der Waals surface area contributed by atoms with E-state index in [-0.39, 0.29) is 0 Å². The van der Waals surface area contributed by atoms with Crippen LogP contribution in [0, 0.1) is 6.92 Å². The minimum Gasteiger partial charge on any atom is -0.495 e. The Hall–Kier alpha value is -2.57. The fraction of sp³-hybridized carbons (Fsp3) is 0.158. The molecule has 0 saturated carbocycles. The van der Waals surface area contributed by atoms with Gasteiger partial charge in [-0.05, 0) is 43.4 Å². The number of anilines is 1. The Kier molecular flexibility index (Phi) is 5.75. The Morgan fingerprint density at radius 1 is 1.15 bits per heavy atom. The van der Waals surface area contributed by atoms with Crippen LogP contribution in [0.2, 0.25) is 5.15 Å². The van der Waals surface area contributed by atoms with Crippen molar-refractivity contribution in [1.82, 2.24) is 15.1 Å². The van der Waals surface area contributed by atoms with Gasteiger partial charge in [0.2, 0.25) is 0 Å². The first-order valence-electron chi connectivity index (χ1n) is 8.07. The van der Waals surface area contributed by atoms with Crippen molar-refractivity contribution < 1.29 is 4.74 Å². The van der Waals surface area contributed by atoms with Gasteiger partial charge in [-0.1, -0.05) is 41.9 Å². The third-order valence-corrected chi connectivity index (χ3v) is 4.54. The highest BCUT2D eigenvalue weighted by atomic mass is 35.5. The van der Waals surface area contributed by atoms with Crippen LogP contribution in [-0.4, -0.2) is 22.0 Å². The van der Waals surface area contributed by atoms with Gasteiger partial charge in [-0.25, -0.2) is 4.68 Å². The van der Waals surface area contributed by atoms with Crippen molar-refractivity contribution in [2.75, 3.05) is 12.4 Å². The molecule has 7 heteroatoms. The number of nitrogens with zero attached hydrogens (tertiary/aromatic N) is 2. The molecule has 0 fully saturated rings. The van der Waals surface area contributed by atoms with Crippen LogP contribution in [0.5, 0.6) is 5.75 Å². The Labute approximate surface area is 162 Å². The summed E-state index contributed by atoms with van der Waals surface area (Å²) in [5.41, 5.74) is 3.48. The van der Waals surface area contributed by atoms with Crippen LogP contribution in [-0.2, 0) is 6.54 Å². The summed E-state index contributed by atoms with van der Waals surface area (Å²) in [4.78, 5) is 0. The van der Waals surface area contributed by atoms with Crippen LogP contribution in [0.1, 0.15) is 11.3 Å². The van der Waals surface area contributed by atoms with Gasteiger partial charge in [-0.2, -0.15) is 5.10 Å². The van der Waals surface area contributed by atoms with Crippen LogP contribution in [0.15, 0.2) is 54.6 Å². The fourth-order valence-corrected chi connectivity index (χ4v) is 3.08. The smallest absolute Gasteiger partial charge is 0.171 e. The third kappa shape index (κ3) is 3.98. The summed E-state index contributed by atoms with van der Waals surface area (Å²) >= 11 is 11.9. The molecule has 1 heterocycles. The number of aryl methyl sites for hydroxylation is 1. The lowest BCUT2D eigenvalue weighted by molar-refractivity contribution is 0.417. The van der Waals surface area contributed by atoms with E-state index in [1.165, 1.54) is 0 Å². The van der Waals surface area contributed by atoms with Crippen LogP contribution in [0.25, 0.3) is 5.69 Å². The van der Waals surface area contributed by atoms with Crippen LogP contribution in [0.3, 0.4) is 0 Å². The Morgan fingerprint density at radius 3 is 2.58 bits per heavy atom. The predicted octanol–water partition coefficient (Wildman–Crippen LogP) is 4.33. The number of hydrogen-bond donors (Lipinski definition) is 2. The molecule has 0 aliphatic heterocycles. The average Bonchev–Trinajstić information content (AvgIpc) is 2.95. The van der Waals surface area contributed by atoms with E-state index in [0.29, 0.717) is 16.8 Å². The maximum atomic E-state index is 6.53. The minimum atomic E-state index is 0.471. The molecular weight excluding hydrogens is 368 g/mol. The van der Waals surface area contributed by atoms with E-state index >= 15 is 0 Å². The SMILES string of the molecule is COc1ccccc1NC(=S)NCc1c(C)nn(-c2ccccc2)c1Cl. The van der Waals surface area contributed by atoms with Crippen LogP contribution >= 0.6 is 23.8 Å². The molecule has 3 rings (SSSR count). The Bertz CT molecular complexity index is 911. The van der Waals surface area contributed by atoms with E-state index in [4.69, 9.17) is 28.6 Å². The maximum absolute atomic E-state index is 6.53. The molecule has 0 aliphatic rings. The number of hydrogen-bond acceptors (Lipinski definition) is 3. The van der Waals surface area contributed by atoms with Crippen molar-refractivity contribution in [2.24, 2.45) is 0 Å². The number of aromatic nitrogens is 2. The van der Waals surface area contributed by atoms with Crippen molar-refractivity contribution in [3.8, 4) is 11.4 Å². The van der Waals surface area contributed by atoms with Gasteiger partial charge in [0.25, 0.3) is 0 Å². The first-order chi connectivity index (χ1) is 12.6. The summed E-state index contributed by atoms with van der Waals surface area (Å²) in [5.74, 6) is 0.725. The van der Waals surface area contributed by atoms with E-state index in [1.807, 2.05) is 61.5 Å². The number of rotatable bonds is 5. The normalized spacial score (nSPS) is 10.4. The van der Waals surface area contributed by atoms with Gasteiger partial charge in [-0.15, -0.1) is 0 Å². The second kappa shape index (κ2) is 8.21. The molecular formula is C19H19ClN4OS. The van der Waals surface area contributed by atoms with E-state index in [0.717, 1.165) is 28.4 Å². The van der Waals surface area contributed by atoms with Crippen molar-refractivity contribution in [3.05, 3.63) is 71.0 Å². The summed E-state index contributed by atoms with van der Waals surface area (Å²) in [5, 5.41) is 11.9. The molecule has 0 radical (unpaired) electrons. The zero-order valence-electron chi connectivity index (χ0n) is 14.5. The molecule has 0 saturated heterocycles. The lowest BCUT2D eigenvalue weighted by atomic mass is 10.2. The van der Waals surface area contributed by atoms with Crippen molar-refractivity contribution in [3.63, 3.8) is 0 Å². The first kappa shape index (κ1) is 18.2. The largest absolute Gasteiger partial charge is 0.495 e. The highest BCUT2D eigenvalue weighted by molar-refractivity contribution is 7.80. The number of para-hydroxylation sites is 3. The lowest BCUT2D eigenvalue weighted by Gasteiger charge is -2.13. The van der Waals surface area contributed by atoms with Gasteiger partial charge in [-0.3, -0.25) is 0 Å². The van der Waals surface area contributed by atoms with Gasteiger partial charge in [0.05, 0.1) is 24.2 Å². The zero-order valence-corrected chi connectivity index (χ0v) is 16.1. The van der Waals surface area contributed by atoms with E-state index < -0.39 is 0 Å². The second-order valence-corrected chi connectivity index (χ2v) is 6.38. The van der Waals surface area contributed by atoms with Gasteiger partial charge in [0.1, 0.15) is 10.9 Å². The second-order valence-electron chi connectivity index (χ2n) is 5.61. The zero-order chi connectivity index (χ0) is 18.5. The number of benzene rings is 2. The van der Waals surface area contributed by atoms with E-state index in [9.17, 15) is 0 Å². The number of nitrogens with one attached hydrogen (secondary N) is 2. The highest BCUT2D eigenvalue weighted by Crippen LogP contribution is 2.24. The van der Waals surface area contributed by atoms with Crippen LogP contribution < -0.4 is 15.4 Å². The van der Waals surface area contributed by atoms with Crippen molar-refractivity contribution in [1.29, 1.82) is 0 Å². The summed E-state index contributed by atoms with van der Waals surface area (Å²) in [6.45, 7) is 2.40. The number of thiocarbonyl (C=S) groups is 1. The molecule has 0 atom stereocenters. The predicted molar refractivity (Wildman–Crippen MR) is 109 cm³/mol. The van der Waals surface area contributed by atoms with Gasteiger partial charge < -0.3 is 15.4 Å². The molecule has 5 nitrogen and oxygen atoms in total. The number of methoxy groups -OCH3 is 1. The molecule has 2 N–H and O–H groups in total. The Balaban J connectivity index is 1.70. The van der Waals surface area contributed by atoms with Crippen LogP contribution in [0.4, 0.5) is 5.69 Å². The number of halogens is 1. The maximum Gasteiger partial charge on any atom is 0.171 e. The molecule has 0 unspecified atom stereocenters. The summed E-state index contributed by atoms with van der Waals surface area (Å²) in [6.07, 6.45) is 0. The monoisotopic (exact) mass is 386 g/mol. The average molecular weight is 387 g/mol. The summed E-state index contributed by atoms with van der Waals surface area (Å²) < 4.78 is 7.04. The fourth-order valence-electron chi connectivity index (χ4n) is 2.56. The van der Waals surface area contributed by atoms with Gasteiger partial charge in [0.15, 0.2) is 5.11 Å². The van der Waals surface area contributed by atoms with Gasteiger partial charge >= 0.3 is 0 Å². The minimum absolute atomic E-state index is 0.471. The molecule has 0 bridgehead atoms. The molecule has 2 aromatic carbocycles. The summed E-state index contributed by atoms with van der Waals surface area (Å²) in [6, 6.07) is 17.4. The Morgan fingerprint density at radius 2 is 1.85 bits per heavy atom. The molecule has 134 valence electrons. The highest BCUT2D eigenvalue weighted by Gasteiger charge is 2.15. The van der Waals surface area contributed by atoms with E-state index in [1.54, 1.807) is 11.8 Å². The van der Waals surface area contributed by atoms with Crippen molar-refractivity contribution in [2.45, 2.75) is 13.5 Å². The first-order valence-corrected chi connectivity index (χ1v) is 8.86. The number of ether oxygens (including phenoxy) is 1. The standard InChI is InChI=1S/C19H19ClN4OS/c1-13-15(18(20)24(23-13)14-8-4-3-5-9-14)12-21-19(26)22-16-10-6-7-11-17(16)25-2/h3-11H,12H2,1-2H3,(H2,21,22,26). The molecule has 0 amide bonds. The topological polar surface area (TPSA) is 51.1 Å². The molecule has 26 heavy (non-hydrogen) atoms.